The van der Waals surface area contributed by atoms with Crippen LogP contribution >= 0.6 is 0 Å². The molecular weight excluding hydrogens is 413 g/mol. The number of fused-ring (bicyclic) bond motifs is 1. The van der Waals surface area contributed by atoms with E-state index in [1.807, 2.05) is 30.5 Å². The third-order valence-corrected chi connectivity index (χ3v) is 4.07. The topological polar surface area (TPSA) is 110 Å². The molecule has 0 saturated heterocycles. The first-order chi connectivity index (χ1) is 14.3. The van der Waals surface area contributed by atoms with Gasteiger partial charge in [-0.05, 0) is 44.5 Å². The van der Waals surface area contributed by atoms with Crippen LogP contribution in [0.4, 0.5) is 13.2 Å². The molecule has 4 N–H and O–H groups in total. The number of hydrogen-bond acceptors (Lipinski definition) is 4. The first kappa shape index (κ1) is 23.9. The minimum Gasteiger partial charge on any atom is -0.475 e. The zero-order chi connectivity index (χ0) is 23.4. The van der Waals surface area contributed by atoms with Gasteiger partial charge in [-0.3, -0.25) is 4.79 Å². The predicted molar refractivity (Wildman–Crippen MR) is 110 cm³/mol. The number of nitrogens with zero attached hydrogens (tertiary/aromatic N) is 2. The van der Waals surface area contributed by atoms with E-state index in [-0.39, 0.29) is 5.54 Å². The Morgan fingerprint density at radius 1 is 1.10 bits per heavy atom. The Balaban J connectivity index is 0.000000423. The first-order valence-electron chi connectivity index (χ1n) is 9.20. The molecule has 10 heteroatoms. The summed E-state index contributed by atoms with van der Waals surface area (Å²) in [5.41, 5.74) is 8.73. The van der Waals surface area contributed by atoms with Gasteiger partial charge in [0.25, 0.3) is 5.91 Å². The highest BCUT2D eigenvalue weighted by Gasteiger charge is 2.38. The second kappa shape index (κ2) is 9.17. The van der Waals surface area contributed by atoms with Crippen LogP contribution in [0.25, 0.3) is 16.6 Å². The van der Waals surface area contributed by atoms with E-state index in [1.54, 1.807) is 10.7 Å². The summed E-state index contributed by atoms with van der Waals surface area (Å²) in [6.07, 6.45) is -3.18. The van der Waals surface area contributed by atoms with Crippen molar-refractivity contribution in [2.24, 2.45) is 5.73 Å². The molecule has 0 bridgehead atoms. The average Bonchev–Trinajstić information content (AvgIpc) is 3.10. The van der Waals surface area contributed by atoms with Gasteiger partial charge in [0, 0.05) is 23.7 Å². The number of amides is 1. The number of carbonyl (C=O) groups excluding carboxylic acids is 1. The number of carboxylic acid groups (broad SMARTS) is 1. The largest absolute Gasteiger partial charge is 0.490 e. The zero-order valence-electron chi connectivity index (χ0n) is 17.2. The van der Waals surface area contributed by atoms with Crippen molar-refractivity contribution in [1.29, 1.82) is 0 Å². The monoisotopic (exact) mass is 436 g/mol. The van der Waals surface area contributed by atoms with Crippen LogP contribution in [0.1, 0.15) is 36.7 Å². The standard InChI is InChI=1S/C19H22N4O.C2HF3O2/c1-19(2,3)21-11-13-7-9-15(10-8-13)23-12-14-5-4-6-16(18(20)24)17(14)22-23;3-2(4,5)1(6)7/h4-10,12,21H,11H2,1-3H3,(H2,20,24);(H,6,7). The molecular formula is C21H23F3N4O3. The summed E-state index contributed by atoms with van der Waals surface area (Å²) in [5.74, 6) is -3.22. The number of halogens is 3. The number of aliphatic carboxylic acids is 1. The van der Waals surface area contributed by atoms with Crippen molar-refractivity contribution in [2.75, 3.05) is 0 Å². The third kappa shape index (κ3) is 6.82. The van der Waals surface area contributed by atoms with Crippen molar-refractivity contribution in [3.05, 3.63) is 59.8 Å². The summed E-state index contributed by atoms with van der Waals surface area (Å²) in [4.78, 5) is 20.4. The van der Waals surface area contributed by atoms with E-state index >= 15 is 0 Å². The maximum absolute atomic E-state index is 11.5. The van der Waals surface area contributed by atoms with Gasteiger partial charge in [-0.1, -0.05) is 24.3 Å². The molecule has 0 saturated carbocycles. The second-order valence-corrected chi connectivity index (χ2v) is 7.75. The molecule has 0 fully saturated rings. The summed E-state index contributed by atoms with van der Waals surface area (Å²) < 4.78 is 33.5. The van der Waals surface area contributed by atoms with Crippen molar-refractivity contribution in [1.82, 2.24) is 15.1 Å². The number of aromatic nitrogens is 2. The van der Waals surface area contributed by atoms with Gasteiger partial charge in [-0.2, -0.15) is 18.3 Å². The highest BCUT2D eigenvalue weighted by molar-refractivity contribution is 6.04. The van der Waals surface area contributed by atoms with Crippen LogP contribution in [0.2, 0.25) is 0 Å². The highest BCUT2D eigenvalue weighted by atomic mass is 19.4. The number of primary amides is 1. The fourth-order valence-corrected chi connectivity index (χ4v) is 2.51. The number of carbonyl (C=O) groups is 2. The maximum Gasteiger partial charge on any atom is 0.490 e. The van der Waals surface area contributed by atoms with Gasteiger partial charge in [0.2, 0.25) is 0 Å². The van der Waals surface area contributed by atoms with E-state index in [9.17, 15) is 18.0 Å². The Morgan fingerprint density at radius 3 is 2.16 bits per heavy atom. The number of nitrogens with two attached hydrogens (primary N) is 1. The Labute approximate surface area is 176 Å². The highest BCUT2D eigenvalue weighted by Crippen LogP contribution is 2.20. The molecule has 0 radical (unpaired) electrons. The molecule has 2 aromatic carbocycles. The van der Waals surface area contributed by atoms with Crippen LogP contribution in [0.3, 0.4) is 0 Å². The average molecular weight is 436 g/mol. The molecule has 0 aliphatic rings. The summed E-state index contributed by atoms with van der Waals surface area (Å²) >= 11 is 0. The Kier molecular flexibility index (Phi) is 7.06. The summed E-state index contributed by atoms with van der Waals surface area (Å²) in [7, 11) is 0. The Hall–Kier alpha value is -3.40. The van der Waals surface area contributed by atoms with E-state index in [0.29, 0.717) is 11.1 Å². The van der Waals surface area contributed by atoms with E-state index in [0.717, 1.165) is 17.6 Å². The van der Waals surface area contributed by atoms with E-state index in [4.69, 9.17) is 15.6 Å². The van der Waals surface area contributed by atoms with Crippen LogP contribution in [0.15, 0.2) is 48.7 Å². The lowest BCUT2D eigenvalue weighted by Gasteiger charge is -2.20. The molecule has 1 amide bonds. The molecule has 1 heterocycles. The summed E-state index contributed by atoms with van der Waals surface area (Å²) in [6.45, 7) is 7.25. The van der Waals surface area contributed by atoms with Crippen molar-refractivity contribution >= 4 is 22.8 Å². The number of nitrogens with one attached hydrogen (secondary N) is 1. The van der Waals surface area contributed by atoms with Gasteiger partial charge in [0.1, 0.15) is 5.52 Å². The van der Waals surface area contributed by atoms with Gasteiger partial charge >= 0.3 is 12.1 Å². The van der Waals surface area contributed by atoms with Gasteiger partial charge in [0.15, 0.2) is 0 Å². The van der Waals surface area contributed by atoms with Crippen molar-refractivity contribution in [3.8, 4) is 5.69 Å². The first-order valence-corrected chi connectivity index (χ1v) is 9.20. The van der Waals surface area contributed by atoms with Crippen molar-refractivity contribution < 1.29 is 27.9 Å². The summed E-state index contributed by atoms with van der Waals surface area (Å²) in [6, 6.07) is 13.6. The Morgan fingerprint density at radius 2 is 1.68 bits per heavy atom. The lowest BCUT2D eigenvalue weighted by Crippen LogP contribution is -2.35. The number of hydrogen-bond donors (Lipinski definition) is 3. The number of alkyl halides is 3. The van der Waals surface area contributed by atoms with Crippen LogP contribution in [-0.2, 0) is 11.3 Å². The van der Waals surface area contributed by atoms with Crippen LogP contribution in [0.5, 0.6) is 0 Å². The molecule has 0 unspecified atom stereocenters. The lowest BCUT2D eigenvalue weighted by atomic mass is 10.1. The SMILES string of the molecule is CC(C)(C)NCc1ccc(-n2cc3cccc(C(N)=O)c3n2)cc1.O=C(O)C(F)(F)F. The molecule has 0 aliphatic heterocycles. The van der Waals surface area contributed by atoms with E-state index in [1.165, 1.54) is 5.56 Å². The van der Waals surface area contributed by atoms with Gasteiger partial charge in [-0.25, -0.2) is 9.48 Å². The molecule has 166 valence electrons. The van der Waals surface area contributed by atoms with Crippen LogP contribution < -0.4 is 11.1 Å². The molecule has 0 aliphatic carbocycles. The van der Waals surface area contributed by atoms with Crippen molar-refractivity contribution in [3.63, 3.8) is 0 Å². The summed E-state index contributed by atoms with van der Waals surface area (Å²) in [5, 5.41) is 16.0. The van der Waals surface area contributed by atoms with Crippen molar-refractivity contribution in [2.45, 2.75) is 39.0 Å². The van der Waals surface area contributed by atoms with Crippen LogP contribution in [-0.4, -0.2) is 38.5 Å². The second-order valence-electron chi connectivity index (χ2n) is 7.75. The Bertz CT molecular complexity index is 1070. The number of benzene rings is 2. The molecule has 3 rings (SSSR count). The predicted octanol–water partition coefficient (Wildman–Crippen LogP) is 3.65. The quantitative estimate of drug-likeness (QED) is 0.578. The smallest absolute Gasteiger partial charge is 0.475 e. The van der Waals surface area contributed by atoms with Gasteiger partial charge in [0.05, 0.1) is 11.3 Å². The molecule has 0 atom stereocenters. The molecule has 31 heavy (non-hydrogen) atoms. The zero-order valence-corrected chi connectivity index (χ0v) is 17.2. The number of rotatable bonds is 4. The molecule has 1 aromatic heterocycles. The minimum atomic E-state index is -5.08. The van der Waals surface area contributed by atoms with Gasteiger partial charge < -0.3 is 16.2 Å². The van der Waals surface area contributed by atoms with E-state index in [2.05, 4.69) is 43.3 Å². The third-order valence-electron chi connectivity index (χ3n) is 4.07. The molecule has 0 spiro atoms. The lowest BCUT2D eigenvalue weighted by molar-refractivity contribution is -0.192. The van der Waals surface area contributed by atoms with Gasteiger partial charge in [-0.15, -0.1) is 0 Å². The van der Waals surface area contributed by atoms with Crippen LogP contribution in [0, 0.1) is 0 Å². The number of carboxylic acids is 1. The fraction of sp³-hybridized carbons (Fsp3) is 0.286. The van der Waals surface area contributed by atoms with E-state index < -0.39 is 18.1 Å². The minimum absolute atomic E-state index is 0.0868. The molecule has 3 aromatic rings. The maximum atomic E-state index is 11.5. The normalized spacial score (nSPS) is 11.7. The fourth-order valence-electron chi connectivity index (χ4n) is 2.51. The molecule has 7 nitrogen and oxygen atoms in total.